The van der Waals surface area contributed by atoms with Crippen LogP contribution in [-0.4, -0.2) is 17.6 Å². The highest BCUT2D eigenvalue weighted by atomic mass is 16.1. The number of hydrogen-bond acceptors (Lipinski definition) is 5. The Hall–Kier alpha value is -1.95. The zero-order valence-corrected chi connectivity index (χ0v) is 19.2. The van der Waals surface area contributed by atoms with Gasteiger partial charge in [0.15, 0.2) is 5.66 Å². The predicted octanol–water partition coefficient (Wildman–Crippen LogP) is 5.95. The van der Waals surface area contributed by atoms with E-state index in [2.05, 4.69) is 42.6 Å². The Balaban J connectivity index is 1.81. The van der Waals surface area contributed by atoms with Crippen molar-refractivity contribution in [3.8, 4) is 0 Å². The lowest BCUT2D eigenvalue weighted by Crippen LogP contribution is -2.47. The Morgan fingerprint density at radius 3 is 2.23 bits per heavy atom. The molecule has 0 bridgehead atoms. The number of rotatable bonds is 15. The van der Waals surface area contributed by atoms with Crippen LogP contribution in [0.5, 0.6) is 0 Å². The third kappa shape index (κ3) is 7.38. The van der Waals surface area contributed by atoms with E-state index in [1.807, 2.05) is 18.2 Å². The van der Waals surface area contributed by atoms with Gasteiger partial charge in [-0.3, -0.25) is 4.79 Å². The number of primary amides is 1. The number of benzene rings is 1. The number of unbranched alkanes of at least 4 members (excludes halogenated alkanes) is 9. The molecule has 1 heterocycles. The van der Waals surface area contributed by atoms with Gasteiger partial charge in [-0.15, -0.1) is 5.11 Å². The Morgan fingerprint density at radius 1 is 1.03 bits per heavy atom. The van der Waals surface area contributed by atoms with E-state index in [1.54, 1.807) is 5.12 Å². The van der Waals surface area contributed by atoms with Crippen molar-refractivity contribution in [2.45, 2.75) is 103 Å². The lowest BCUT2D eigenvalue weighted by atomic mass is 9.87. The summed E-state index contributed by atoms with van der Waals surface area (Å²) >= 11 is 0. The molecule has 30 heavy (non-hydrogen) atoms. The summed E-state index contributed by atoms with van der Waals surface area (Å²) in [6.07, 6.45) is 13.1. The first-order valence-electron chi connectivity index (χ1n) is 11.8. The Morgan fingerprint density at radius 2 is 1.63 bits per heavy atom. The Labute approximate surface area is 182 Å². The average molecular weight is 416 g/mol. The first-order chi connectivity index (χ1) is 14.5. The molecule has 1 aromatic rings. The van der Waals surface area contributed by atoms with Gasteiger partial charge in [-0.05, 0) is 17.9 Å². The summed E-state index contributed by atoms with van der Waals surface area (Å²) < 4.78 is 0. The molecule has 0 spiro atoms. The highest BCUT2D eigenvalue weighted by Gasteiger charge is 2.41. The van der Waals surface area contributed by atoms with Gasteiger partial charge in [0, 0.05) is 5.56 Å². The fourth-order valence-corrected chi connectivity index (χ4v) is 4.15. The molecule has 1 aromatic carbocycles. The largest absolute Gasteiger partial charge is 0.370 e. The normalized spacial score (nSPS) is 18.5. The number of hydrazine groups is 1. The molecule has 168 valence electrons. The summed E-state index contributed by atoms with van der Waals surface area (Å²) in [4.78, 5) is 11.8. The van der Waals surface area contributed by atoms with Crippen LogP contribution < -0.4 is 11.2 Å². The van der Waals surface area contributed by atoms with Crippen LogP contribution in [0, 0.1) is 0 Å². The zero-order chi connectivity index (χ0) is 21.8. The van der Waals surface area contributed by atoms with Gasteiger partial charge in [0.05, 0.1) is 13.0 Å². The molecule has 3 N–H and O–H groups in total. The molecule has 0 aromatic heterocycles. The molecule has 6 heteroatoms. The van der Waals surface area contributed by atoms with Crippen molar-refractivity contribution in [3.63, 3.8) is 0 Å². The van der Waals surface area contributed by atoms with E-state index in [0.717, 1.165) is 24.1 Å². The van der Waals surface area contributed by atoms with Crippen LogP contribution in [0.1, 0.15) is 108 Å². The molecule has 2 rings (SSSR count). The molecule has 6 nitrogen and oxygen atoms in total. The number of nitrogens with two attached hydrogens (primary N) is 1. The van der Waals surface area contributed by atoms with Gasteiger partial charge in [-0.1, -0.05) is 108 Å². The van der Waals surface area contributed by atoms with E-state index in [9.17, 15) is 4.79 Å². The van der Waals surface area contributed by atoms with Crippen molar-refractivity contribution in [1.29, 1.82) is 0 Å². The van der Waals surface area contributed by atoms with Gasteiger partial charge in [-0.25, -0.2) is 5.12 Å². The molecule has 0 saturated carbocycles. The van der Waals surface area contributed by atoms with Crippen LogP contribution in [0.25, 0.3) is 0 Å². The summed E-state index contributed by atoms with van der Waals surface area (Å²) in [6.45, 7) is 7.33. The van der Waals surface area contributed by atoms with Crippen LogP contribution in [0.4, 0.5) is 0 Å². The number of amides is 1. The molecule has 0 aliphatic carbocycles. The summed E-state index contributed by atoms with van der Waals surface area (Å²) in [7, 11) is 0. The van der Waals surface area contributed by atoms with Crippen molar-refractivity contribution in [3.05, 3.63) is 35.4 Å². The van der Waals surface area contributed by atoms with Crippen molar-refractivity contribution in [2.75, 3.05) is 6.54 Å². The van der Waals surface area contributed by atoms with E-state index >= 15 is 0 Å². The third-order valence-electron chi connectivity index (χ3n) is 5.82. The number of carbonyl (C=O) groups is 1. The topological polar surface area (TPSA) is 83.1 Å². The monoisotopic (exact) mass is 415 g/mol. The molecule has 0 radical (unpaired) electrons. The summed E-state index contributed by atoms with van der Waals surface area (Å²) in [6, 6.07) is 8.11. The highest BCUT2D eigenvalue weighted by Crippen LogP contribution is 2.36. The minimum Gasteiger partial charge on any atom is -0.370 e. The Bertz CT molecular complexity index is 675. The summed E-state index contributed by atoms with van der Waals surface area (Å²) in [5, 5.41) is 10.6. The molecule has 0 fully saturated rings. The van der Waals surface area contributed by atoms with Crippen molar-refractivity contribution >= 4 is 5.91 Å². The lowest BCUT2D eigenvalue weighted by Gasteiger charge is -2.29. The average Bonchev–Trinajstić information content (AvgIpc) is 3.12. The van der Waals surface area contributed by atoms with E-state index < -0.39 is 5.66 Å². The maximum absolute atomic E-state index is 11.8. The molecule has 1 atom stereocenters. The van der Waals surface area contributed by atoms with Gasteiger partial charge >= 0.3 is 0 Å². The standard InChI is InChI=1S/C24H41N5O/c1-4-5-6-7-8-9-10-11-12-15-18-29-27-24(26-28-29,19-23(25)30)22-17-14-13-16-21(22)20(2)3/h13-14,16-17,20,27H,4-12,15,18-19H2,1-3H3,(H2,25,30). The third-order valence-corrected chi connectivity index (χ3v) is 5.82. The molecular formula is C24H41N5O. The van der Waals surface area contributed by atoms with Crippen LogP contribution >= 0.6 is 0 Å². The van der Waals surface area contributed by atoms with Gasteiger partial charge in [0.2, 0.25) is 5.91 Å². The maximum atomic E-state index is 11.8. The Kier molecular flexibility index (Phi) is 10.3. The molecule has 1 amide bonds. The van der Waals surface area contributed by atoms with Crippen molar-refractivity contribution < 1.29 is 4.79 Å². The SMILES string of the molecule is CCCCCCCCCCCCN1N=NC(CC(N)=O)(c2ccccc2C(C)C)N1. The predicted molar refractivity (Wildman–Crippen MR) is 123 cm³/mol. The molecular weight excluding hydrogens is 374 g/mol. The molecule has 1 aliphatic heterocycles. The van der Waals surface area contributed by atoms with E-state index in [-0.39, 0.29) is 12.3 Å². The minimum atomic E-state index is -0.898. The van der Waals surface area contributed by atoms with Crippen LogP contribution in [-0.2, 0) is 10.5 Å². The summed E-state index contributed by atoms with van der Waals surface area (Å²) in [5.74, 6) is -0.0697. The zero-order valence-electron chi connectivity index (χ0n) is 19.2. The number of hydrogen-bond donors (Lipinski definition) is 2. The molecule has 0 saturated heterocycles. The van der Waals surface area contributed by atoms with Crippen molar-refractivity contribution in [1.82, 2.24) is 10.5 Å². The number of carbonyl (C=O) groups excluding carboxylic acids is 1. The second kappa shape index (κ2) is 12.7. The number of nitrogens with one attached hydrogen (secondary N) is 1. The van der Waals surface area contributed by atoms with E-state index in [1.165, 1.54) is 57.8 Å². The van der Waals surface area contributed by atoms with Gasteiger partial charge in [0.25, 0.3) is 0 Å². The second-order valence-electron chi connectivity index (χ2n) is 8.85. The minimum absolute atomic E-state index is 0.0920. The fourth-order valence-electron chi connectivity index (χ4n) is 4.15. The highest BCUT2D eigenvalue weighted by molar-refractivity contribution is 5.75. The van der Waals surface area contributed by atoms with Crippen LogP contribution in [0.15, 0.2) is 34.6 Å². The lowest BCUT2D eigenvalue weighted by molar-refractivity contribution is -0.119. The van der Waals surface area contributed by atoms with Crippen LogP contribution in [0.2, 0.25) is 0 Å². The first kappa shape index (κ1) is 24.3. The quantitative estimate of drug-likeness (QED) is 0.347. The smallest absolute Gasteiger partial charge is 0.221 e. The maximum Gasteiger partial charge on any atom is 0.221 e. The fraction of sp³-hybridized carbons (Fsp3) is 0.708. The number of nitrogens with zero attached hydrogens (tertiary/aromatic N) is 3. The van der Waals surface area contributed by atoms with E-state index in [4.69, 9.17) is 5.73 Å². The summed E-state index contributed by atoms with van der Waals surface area (Å²) in [5.41, 5.74) is 10.2. The van der Waals surface area contributed by atoms with Crippen molar-refractivity contribution in [2.24, 2.45) is 16.1 Å². The first-order valence-corrected chi connectivity index (χ1v) is 11.8. The second-order valence-corrected chi connectivity index (χ2v) is 8.85. The molecule has 1 unspecified atom stereocenters. The van der Waals surface area contributed by atoms with Gasteiger partial charge < -0.3 is 5.73 Å². The van der Waals surface area contributed by atoms with Crippen LogP contribution in [0.3, 0.4) is 0 Å². The van der Waals surface area contributed by atoms with E-state index in [0.29, 0.717) is 5.92 Å². The van der Waals surface area contributed by atoms with Gasteiger partial charge in [-0.2, -0.15) is 5.43 Å². The molecule has 1 aliphatic rings. The van der Waals surface area contributed by atoms with Gasteiger partial charge in [0.1, 0.15) is 0 Å².